The molecule has 0 radical (unpaired) electrons. The van der Waals surface area contributed by atoms with Crippen LogP contribution in [-0.2, 0) is 6.18 Å². The summed E-state index contributed by atoms with van der Waals surface area (Å²) in [6.45, 7) is 0.838. The third-order valence-corrected chi connectivity index (χ3v) is 3.18. The van der Waals surface area contributed by atoms with Gasteiger partial charge in [-0.05, 0) is 24.3 Å². The molecule has 0 aliphatic heterocycles. The SMILES string of the molecule is C[NH2+]CCC(Oc1ccc(C(F)(F)F)cc1)=C1C=CC=C[CH-]1. The van der Waals surface area contributed by atoms with Crippen molar-refractivity contribution >= 4 is 0 Å². The van der Waals surface area contributed by atoms with E-state index >= 15 is 0 Å². The molecule has 2 N–H and O–H groups in total. The number of allylic oxidation sites excluding steroid dienone is 5. The predicted molar refractivity (Wildman–Crippen MR) is 79.0 cm³/mol. The number of ether oxygens (including phenoxy) is 1. The normalized spacial score (nSPS) is 16.4. The molecule has 0 saturated heterocycles. The maximum Gasteiger partial charge on any atom is 0.416 e. The van der Waals surface area contributed by atoms with Gasteiger partial charge in [0.2, 0.25) is 0 Å². The van der Waals surface area contributed by atoms with Crippen LogP contribution in [0.2, 0.25) is 0 Å². The van der Waals surface area contributed by atoms with Gasteiger partial charge in [-0.25, -0.2) is 0 Å². The summed E-state index contributed by atoms with van der Waals surface area (Å²) in [5, 5.41) is 2.03. The minimum atomic E-state index is -4.33. The standard InChI is InChI=1S/C17H17F3NO/c1-21-12-11-16(13-5-3-2-4-6-13)22-15-9-7-14(8-10-15)17(18,19)20/h2-10,21H,11-12H2,1H3/q-1/p+1. The van der Waals surface area contributed by atoms with Crippen molar-refractivity contribution in [3.05, 3.63) is 71.9 Å². The average molecular weight is 309 g/mol. The van der Waals surface area contributed by atoms with Gasteiger partial charge in [0.15, 0.2) is 0 Å². The summed E-state index contributed by atoms with van der Waals surface area (Å²) in [5.41, 5.74) is 0.257. The maximum absolute atomic E-state index is 12.6. The zero-order valence-corrected chi connectivity index (χ0v) is 12.2. The van der Waals surface area contributed by atoms with E-state index in [0.717, 1.165) is 30.0 Å². The van der Waals surface area contributed by atoms with Crippen molar-refractivity contribution in [2.24, 2.45) is 0 Å². The number of alkyl halides is 3. The first-order valence-corrected chi connectivity index (χ1v) is 7.05. The topological polar surface area (TPSA) is 25.8 Å². The molecule has 0 bridgehead atoms. The van der Waals surface area contributed by atoms with Gasteiger partial charge in [-0.15, -0.1) is 36.3 Å². The summed E-state index contributed by atoms with van der Waals surface area (Å²) in [5.74, 6) is 1.15. The molecule has 0 amide bonds. The van der Waals surface area contributed by atoms with Crippen molar-refractivity contribution < 1.29 is 23.2 Å². The van der Waals surface area contributed by atoms with Gasteiger partial charge in [0, 0.05) is 12.2 Å². The van der Waals surface area contributed by atoms with Crippen molar-refractivity contribution in [1.29, 1.82) is 0 Å². The molecule has 0 fully saturated rings. The number of hydrogen-bond acceptors (Lipinski definition) is 1. The average Bonchev–Trinajstić information content (AvgIpc) is 2.52. The van der Waals surface area contributed by atoms with Crippen LogP contribution in [0.3, 0.4) is 0 Å². The largest absolute Gasteiger partial charge is 0.505 e. The molecule has 0 aromatic heterocycles. The van der Waals surface area contributed by atoms with Crippen LogP contribution in [-0.4, -0.2) is 13.6 Å². The van der Waals surface area contributed by atoms with Crippen molar-refractivity contribution in [2.75, 3.05) is 13.6 Å². The third-order valence-electron chi connectivity index (χ3n) is 3.18. The number of halogens is 3. The summed E-state index contributed by atoms with van der Waals surface area (Å²) in [6, 6.07) is 4.76. The van der Waals surface area contributed by atoms with Crippen molar-refractivity contribution in [1.82, 2.24) is 0 Å². The second-order valence-electron chi connectivity index (χ2n) is 4.86. The molecule has 0 saturated carbocycles. The highest BCUT2D eigenvalue weighted by atomic mass is 19.4. The Morgan fingerprint density at radius 3 is 2.45 bits per heavy atom. The van der Waals surface area contributed by atoms with Gasteiger partial charge in [0.05, 0.1) is 19.2 Å². The first-order chi connectivity index (χ1) is 10.5. The Labute approximate surface area is 128 Å². The predicted octanol–water partition coefficient (Wildman–Crippen LogP) is 3.25. The molecule has 0 atom stereocenters. The fraction of sp³-hybridized carbons (Fsp3) is 0.235. The molecular weight excluding hydrogens is 291 g/mol. The van der Waals surface area contributed by atoms with Crippen molar-refractivity contribution in [3.8, 4) is 5.75 Å². The summed E-state index contributed by atoms with van der Waals surface area (Å²) in [6.07, 6.45) is 5.93. The van der Waals surface area contributed by atoms with Gasteiger partial charge in [-0.1, -0.05) is 0 Å². The monoisotopic (exact) mass is 309 g/mol. The quantitative estimate of drug-likeness (QED) is 0.656. The minimum absolute atomic E-state index is 0.406. The highest BCUT2D eigenvalue weighted by Crippen LogP contribution is 2.31. The Hall–Kier alpha value is -2.14. The van der Waals surface area contributed by atoms with Crippen LogP contribution in [0.1, 0.15) is 12.0 Å². The Bertz CT molecular complexity index is 583. The van der Waals surface area contributed by atoms with E-state index in [4.69, 9.17) is 4.74 Å². The lowest BCUT2D eigenvalue weighted by Crippen LogP contribution is -2.79. The van der Waals surface area contributed by atoms with E-state index in [2.05, 4.69) is 0 Å². The molecular formula is C17H18F3NO. The third kappa shape index (κ3) is 4.43. The van der Waals surface area contributed by atoms with Gasteiger partial charge in [-0.3, -0.25) is 0 Å². The lowest BCUT2D eigenvalue weighted by atomic mass is 10.0. The number of benzene rings is 1. The first kappa shape index (κ1) is 16.2. The fourth-order valence-electron chi connectivity index (χ4n) is 2.01. The van der Waals surface area contributed by atoms with Gasteiger partial charge in [-0.2, -0.15) is 13.2 Å². The number of rotatable bonds is 5. The fourth-order valence-corrected chi connectivity index (χ4v) is 2.01. The Kier molecular flexibility index (Phi) is 5.33. The van der Waals surface area contributed by atoms with Crippen LogP contribution in [0.25, 0.3) is 0 Å². The van der Waals surface area contributed by atoms with Gasteiger partial charge in [0.1, 0.15) is 5.75 Å². The number of hydrogen-bond donors (Lipinski definition) is 1. The molecule has 1 aromatic rings. The molecule has 5 heteroatoms. The molecule has 1 aromatic carbocycles. The van der Waals surface area contributed by atoms with E-state index in [0.29, 0.717) is 12.2 Å². The molecule has 0 heterocycles. The van der Waals surface area contributed by atoms with Crippen LogP contribution in [0.15, 0.2) is 59.9 Å². The smallest absolute Gasteiger partial charge is 0.416 e. The van der Waals surface area contributed by atoms with Gasteiger partial charge < -0.3 is 10.1 Å². The molecule has 1 aliphatic rings. The Morgan fingerprint density at radius 1 is 1.18 bits per heavy atom. The molecule has 118 valence electrons. The van der Waals surface area contributed by atoms with Crippen molar-refractivity contribution in [2.45, 2.75) is 12.6 Å². The highest BCUT2D eigenvalue weighted by molar-refractivity contribution is 5.42. The lowest BCUT2D eigenvalue weighted by molar-refractivity contribution is -0.626. The van der Waals surface area contributed by atoms with Crippen LogP contribution in [0.4, 0.5) is 13.2 Å². The Morgan fingerprint density at radius 2 is 1.91 bits per heavy atom. The van der Waals surface area contributed by atoms with Gasteiger partial charge in [0.25, 0.3) is 0 Å². The molecule has 0 spiro atoms. The zero-order chi connectivity index (χ0) is 16.0. The first-order valence-electron chi connectivity index (χ1n) is 7.05. The second kappa shape index (κ2) is 7.22. The van der Waals surface area contributed by atoms with E-state index < -0.39 is 11.7 Å². The van der Waals surface area contributed by atoms with Crippen molar-refractivity contribution in [3.63, 3.8) is 0 Å². The van der Waals surface area contributed by atoms with E-state index in [-0.39, 0.29) is 0 Å². The van der Waals surface area contributed by atoms with Crippen LogP contribution < -0.4 is 10.1 Å². The maximum atomic E-state index is 12.6. The van der Waals surface area contributed by atoms with Crippen LogP contribution >= 0.6 is 0 Å². The molecule has 2 rings (SSSR count). The lowest BCUT2D eigenvalue weighted by Gasteiger charge is -2.20. The van der Waals surface area contributed by atoms with E-state index in [1.807, 2.05) is 43.1 Å². The number of quaternary nitrogens is 1. The highest BCUT2D eigenvalue weighted by Gasteiger charge is 2.30. The number of nitrogens with two attached hydrogens (primary N) is 1. The van der Waals surface area contributed by atoms with E-state index in [1.54, 1.807) is 0 Å². The summed E-state index contributed by atoms with van der Waals surface area (Å²) in [7, 11) is 1.96. The zero-order valence-electron chi connectivity index (χ0n) is 12.2. The van der Waals surface area contributed by atoms with E-state index in [9.17, 15) is 13.2 Å². The summed E-state index contributed by atoms with van der Waals surface area (Å²) < 4.78 is 43.5. The van der Waals surface area contributed by atoms with Crippen LogP contribution in [0, 0.1) is 6.42 Å². The van der Waals surface area contributed by atoms with E-state index in [1.165, 1.54) is 12.1 Å². The minimum Gasteiger partial charge on any atom is -0.505 e. The summed E-state index contributed by atoms with van der Waals surface area (Å²) in [4.78, 5) is 0. The molecule has 1 aliphatic carbocycles. The summed E-state index contributed by atoms with van der Waals surface area (Å²) >= 11 is 0. The molecule has 22 heavy (non-hydrogen) atoms. The molecule has 0 unspecified atom stereocenters. The Balaban J connectivity index is 2.17. The van der Waals surface area contributed by atoms with Gasteiger partial charge >= 0.3 is 6.18 Å². The molecule has 2 nitrogen and oxygen atoms in total. The second-order valence-corrected chi connectivity index (χ2v) is 4.86. The van der Waals surface area contributed by atoms with Crippen LogP contribution in [0.5, 0.6) is 5.75 Å².